The Balaban J connectivity index is 1.92. The zero-order chi connectivity index (χ0) is 23.3. The van der Waals surface area contributed by atoms with E-state index in [0.717, 1.165) is 15.4 Å². The molecule has 1 amide bonds. The molecule has 3 rings (SSSR count). The zero-order valence-corrected chi connectivity index (χ0v) is 20.1. The van der Waals surface area contributed by atoms with Crippen LogP contribution in [0, 0.1) is 6.92 Å². The van der Waals surface area contributed by atoms with E-state index >= 15 is 0 Å². The Bertz CT molecular complexity index is 1180. The van der Waals surface area contributed by atoms with Gasteiger partial charge in [0.15, 0.2) is 0 Å². The van der Waals surface area contributed by atoms with Crippen LogP contribution in [0.2, 0.25) is 10.0 Å². The average Bonchev–Trinajstić information content (AvgIpc) is 2.79. The van der Waals surface area contributed by atoms with Crippen LogP contribution in [-0.4, -0.2) is 20.9 Å². The Morgan fingerprint density at radius 1 is 0.969 bits per heavy atom. The summed E-state index contributed by atoms with van der Waals surface area (Å²) >= 11 is 12.1. The molecular weight excluding hydrogens is 467 g/mol. The van der Waals surface area contributed by atoms with Crippen molar-refractivity contribution < 1.29 is 13.2 Å². The van der Waals surface area contributed by atoms with E-state index < -0.39 is 22.5 Å². The van der Waals surface area contributed by atoms with E-state index in [0.29, 0.717) is 11.4 Å². The largest absolute Gasteiger partial charge is 0.348 e. The van der Waals surface area contributed by atoms with E-state index in [9.17, 15) is 13.2 Å². The second kappa shape index (κ2) is 10.4. The number of benzene rings is 3. The Labute approximate surface area is 199 Å². The van der Waals surface area contributed by atoms with E-state index in [-0.39, 0.29) is 21.6 Å². The van der Waals surface area contributed by atoms with Crippen molar-refractivity contribution in [1.82, 2.24) is 5.32 Å². The molecule has 0 spiro atoms. The first-order valence-corrected chi connectivity index (χ1v) is 12.3. The summed E-state index contributed by atoms with van der Waals surface area (Å²) in [6, 6.07) is 20.1. The molecule has 0 aliphatic heterocycles. The van der Waals surface area contributed by atoms with Crippen molar-refractivity contribution >= 4 is 44.8 Å². The fourth-order valence-corrected chi connectivity index (χ4v) is 4.99. The average molecular weight is 491 g/mol. The van der Waals surface area contributed by atoms with Gasteiger partial charge in [-0.3, -0.25) is 9.10 Å². The first kappa shape index (κ1) is 24.1. The fraction of sp³-hybridized carbons (Fsp3) is 0.208. The molecule has 3 aromatic rings. The van der Waals surface area contributed by atoms with E-state index in [4.69, 9.17) is 23.2 Å². The highest BCUT2D eigenvalue weighted by molar-refractivity contribution is 7.92. The van der Waals surface area contributed by atoms with Crippen LogP contribution < -0.4 is 9.62 Å². The van der Waals surface area contributed by atoms with Crippen molar-refractivity contribution in [1.29, 1.82) is 0 Å². The van der Waals surface area contributed by atoms with Crippen LogP contribution >= 0.6 is 23.2 Å². The van der Waals surface area contributed by atoms with Crippen molar-refractivity contribution in [2.24, 2.45) is 0 Å². The lowest BCUT2D eigenvalue weighted by Gasteiger charge is -2.26. The molecule has 8 heteroatoms. The molecule has 0 radical (unpaired) electrons. The Morgan fingerprint density at radius 3 is 2.22 bits per heavy atom. The van der Waals surface area contributed by atoms with Crippen LogP contribution in [0.5, 0.6) is 0 Å². The summed E-state index contributed by atoms with van der Waals surface area (Å²) in [6.07, 6.45) is 0.660. The van der Waals surface area contributed by atoms with Crippen molar-refractivity contribution in [3.05, 3.63) is 94.0 Å². The van der Waals surface area contributed by atoms with Gasteiger partial charge in [0.05, 0.1) is 26.7 Å². The number of rotatable bonds is 8. The van der Waals surface area contributed by atoms with Gasteiger partial charge in [0.1, 0.15) is 6.54 Å². The second-order valence-corrected chi connectivity index (χ2v) is 10.0. The summed E-state index contributed by atoms with van der Waals surface area (Å²) in [6.45, 7) is 3.55. The first-order valence-electron chi connectivity index (χ1n) is 10.1. The summed E-state index contributed by atoms with van der Waals surface area (Å²) in [5.74, 6) is -0.428. The summed E-state index contributed by atoms with van der Waals surface area (Å²) < 4.78 is 27.8. The maximum Gasteiger partial charge on any atom is 0.264 e. The minimum atomic E-state index is -4.02. The SMILES string of the molecule is CC[C@H](NC(=O)CN(c1ccc(Cl)c(Cl)c1)S(=O)(=O)c1ccccc1)c1ccc(C)cc1. The van der Waals surface area contributed by atoms with Gasteiger partial charge in [-0.15, -0.1) is 0 Å². The maximum absolute atomic E-state index is 13.4. The van der Waals surface area contributed by atoms with Gasteiger partial charge >= 0.3 is 0 Å². The predicted octanol–water partition coefficient (Wildman–Crippen LogP) is 5.76. The van der Waals surface area contributed by atoms with Crippen LogP contribution in [0.1, 0.15) is 30.5 Å². The van der Waals surface area contributed by atoms with Gasteiger partial charge in [0, 0.05) is 0 Å². The zero-order valence-electron chi connectivity index (χ0n) is 17.8. The van der Waals surface area contributed by atoms with E-state index in [2.05, 4.69) is 5.32 Å². The predicted molar refractivity (Wildman–Crippen MR) is 130 cm³/mol. The standard InChI is InChI=1S/C24H24Cl2N2O3S/c1-3-23(18-11-9-17(2)10-12-18)27-24(29)16-28(19-13-14-21(25)22(26)15-19)32(30,31)20-7-5-4-6-8-20/h4-15,23H,3,16H2,1-2H3,(H,27,29)/t23-/m0/s1. The second-order valence-electron chi connectivity index (χ2n) is 7.36. The highest BCUT2D eigenvalue weighted by Crippen LogP contribution is 2.30. The highest BCUT2D eigenvalue weighted by atomic mass is 35.5. The number of hydrogen-bond donors (Lipinski definition) is 1. The quantitative estimate of drug-likeness (QED) is 0.436. The van der Waals surface area contributed by atoms with Gasteiger partial charge in [-0.2, -0.15) is 0 Å². The molecule has 0 unspecified atom stereocenters. The molecule has 0 aliphatic carbocycles. The maximum atomic E-state index is 13.4. The lowest BCUT2D eigenvalue weighted by Crippen LogP contribution is -2.42. The smallest absolute Gasteiger partial charge is 0.264 e. The fourth-order valence-electron chi connectivity index (χ4n) is 3.27. The molecule has 1 atom stereocenters. The van der Waals surface area contributed by atoms with Crippen LogP contribution in [0.15, 0.2) is 77.7 Å². The topological polar surface area (TPSA) is 66.5 Å². The normalized spacial score (nSPS) is 12.2. The molecular formula is C24H24Cl2N2O3S. The number of aryl methyl sites for hydroxylation is 1. The Morgan fingerprint density at radius 2 is 1.62 bits per heavy atom. The van der Waals surface area contributed by atoms with Gasteiger partial charge in [0.2, 0.25) is 5.91 Å². The van der Waals surface area contributed by atoms with Crippen molar-refractivity contribution in [2.45, 2.75) is 31.2 Å². The third-order valence-corrected chi connectivity index (χ3v) is 7.56. The molecule has 1 N–H and O–H groups in total. The third-order valence-electron chi connectivity index (χ3n) is 5.03. The number of nitrogens with zero attached hydrogens (tertiary/aromatic N) is 1. The molecule has 0 aliphatic rings. The van der Waals surface area contributed by atoms with Crippen LogP contribution in [-0.2, 0) is 14.8 Å². The Kier molecular flexibility index (Phi) is 7.82. The summed E-state index contributed by atoms with van der Waals surface area (Å²) in [7, 11) is -4.02. The summed E-state index contributed by atoms with van der Waals surface area (Å²) in [5.41, 5.74) is 2.33. The number of hydrogen-bond acceptors (Lipinski definition) is 3. The number of nitrogens with one attached hydrogen (secondary N) is 1. The third kappa shape index (κ3) is 5.63. The molecule has 0 saturated carbocycles. The number of amides is 1. The van der Waals surface area contributed by atoms with Crippen LogP contribution in [0.25, 0.3) is 0 Å². The molecule has 3 aromatic carbocycles. The monoisotopic (exact) mass is 490 g/mol. The molecule has 0 bridgehead atoms. The highest BCUT2D eigenvalue weighted by Gasteiger charge is 2.28. The lowest BCUT2D eigenvalue weighted by atomic mass is 10.0. The number of anilines is 1. The molecule has 0 fully saturated rings. The lowest BCUT2D eigenvalue weighted by molar-refractivity contribution is -0.120. The number of halogens is 2. The first-order chi connectivity index (χ1) is 15.2. The van der Waals surface area contributed by atoms with Crippen LogP contribution in [0.3, 0.4) is 0 Å². The van der Waals surface area contributed by atoms with Crippen LogP contribution in [0.4, 0.5) is 5.69 Å². The molecule has 0 heterocycles. The number of sulfonamides is 1. The van der Waals surface area contributed by atoms with Crippen molar-refractivity contribution in [2.75, 3.05) is 10.8 Å². The van der Waals surface area contributed by atoms with E-state index in [1.165, 1.54) is 30.3 Å². The van der Waals surface area contributed by atoms with Gasteiger partial charge in [0.25, 0.3) is 10.0 Å². The molecule has 5 nitrogen and oxygen atoms in total. The molecule has 168 valence electrons. The summed E-state index contributed by atoms with van der Waals surface area (Å²) in [5, 5.41) is 3.44. The molecule has 32 heavy (non-hydrogen) atoms. The van der Waals surface area contributed by atoms with Gasteiger partial charge < -0.3 is 5.32 Å². The van der Waals surface area contributed by atoms with Crippen molar-refractivity contribution in [3.63, 3.8) is 0 Å². The minimum absolute atomic E-state index is 0.0736. The van der Waals surface area contributed by atoms with Gasteiger partial charge in [-0.05, 0) is 49.2 Å². The molecule has 0 aromatic heterocycles. The van der Waals surface area contributed by atoms with Crippen molar-refractivity contribution in [3.8, 4) is 0 Å². The van der Waals surface area contributed by atoms with E-state index in [1.54, 1.807) is 18.2 Å². The number of carbonyl (C=O) groups is 1. The summed E-state index contributed by atoms with van der Waals surface area (Å²) in [4.78, 5) is 13.1. The Hall–Kier alpha value is -2.54. The van der Waals surface area contributed by atoms with E-state index in [1.807, 2.05) is 38.1 Å². The number of carbonyl (C=O) groups excluding carboxylic acids is 1. The minimum Gasteiger partial charge on any atom is -0.348 e. The van der Waals surface area contributed by atoms with Gasteiger partial charge in [-0.1, -0.05) is 78.2 Å². The molecule has 0 saturated heterocycles. The van der Waals surface area contributed by atoms with Gasteiger partial charge in [-0.25, -0.2) is 8.42 Å².